The number of anilines is 1. The summed E-state index contributed by atoms with van der Waals surface area (Å²) in [5.41, 5.74) is 5.86. The molecular formula is C16H19N5O3. The number of benzene rings is 1. The van der Waals surface area contributed by atoms with Crippen molar-refractivity contribution in [3.63, 3.8) is 0 Å². The minimum absolute atomic E-state index is 0.0262. The number of aromatic amines is 1. The molecule has 8 heteroatoms. The molecule has 24 heavy (non-hydrogen) atoms. The molecule has 0 fully saturated rings. The largest absolute Gasteiger partial charge is 0.357 e. The first-order chi connectivity index (χ1) is 11.5. The Morgan fingerprint density at radius 2 is 1.62 bits per heavy atom. The highest BCUT2D eigenvalue weighted by Gasteiger charge is 2.10. The highest BCUT2D eigenvalue weighted by Crippen LogP contribution is 2.09. The van der Waals surface area contributed by atoms with E-state index in [0.29, 0.717) is 16.9 Å². The van der Waals surface area contributed by atoms with E-state index in [4.69, 9.17) is 0 Å². The molecular weight excluding hydrogens is 310 g/mol. The summed E-state index contributed by atoms with van der Waals surface area (Å²) >= 11 is 0. The van der Waals surface area contributed by atoms with E-state index in [1.165, 1.54) is 0 Å². The summed E-state index contributed by atoms with van der Waals surface area (Å²) in [5, 5.41) is 5.35. The number of nitrogens with one attached hydrogen (secondary N) is 5. The minimum Gasteiger partial charge on any atom is -0.357 e. The van der Waals surface area contributed by atoms with Gasteiger partial charge in [-0.25, -0.2) is 4.79 Å². The highest BCUT2D eigenvalue weighted by molar-refractivity contribution is 5.98. The van der Waals surface area contributed by atoms with E-state index in [0.717, 1.165) is 0 Å². The van der Waals surface area contributed by atoms with Gasteiger partial charge in [-0.15, -0.1) is 0 Å². The van der Waals surface area contributed by atoms with E-state index in [1.54, 1.807) is 42.6 Å². The Labute approximate surface area is 139 Å². The van der Waals surface area contributed by atoms with E-state index in [2.05, 4.69) is 26.5 Å². The Balaban J connectivity index is 1.87. The Morgan fingerprint density at radius 1 is 0.958 bits per heavy atom. The molecule has 0 aliphatic rings. The van der Waals surface area contributed by atoms with Crippen molar-refractivity contribution in [3.05, 3.63) is 53.9 Å². The third-order valence-electron chi connectivity index (χ3n) is 2.96. The third kappa shape index (κ3) is 4.87. The molecule has 0 aliphatic heterocycles. The first-order valence-corrected chi connectivity index (χ1v) is 7.37. The fraction of sp³-hybridized carbons (Fsp3) is 0.188. The molecule has 0 bridgehead atoms. The molecule has 1 aromatic carbocycles. The van der Waals surface area contributed by atoms with Gasteiger partial charge >= 0.3 is 6.03 Å². The van der Waals surface area contributed by atoms with Crippen LogP contribution in [0.5, 0.6) is 0 Å². The molecule has 5 N–H and O–H groups in total. The summed E-state index contributed by atoms with van der Waals surface area (Å²) in [4.78, 5) is 38.0. The standard InChI is InChI=1S/C16H19N5O3/c1-10(2)18-16(24)19-12-7-5-11(6-8-12)14(22)20-21-15(23)13-4-3-9-17-13/h3-10,17H,1-2H3,(H,20,22)(H,21,23)(H2,18,19,24). The molecule has 0 unspecified atom stereocenters. The number of aromatic nitrogens is 1. The van der Waals surface area contributed by atoms with Crippen molar-refractivity contribution in [3.8, 4) is 0 Å². The summed E-state index contributed by atoms with van der Waals surface area (Å²) in [6.45, 7) is 3.71. The number of carbonyl (C=O) groups excluding carboxylic acids is 3. The maximum Gasteiger partial charge on any atom is 0.319 e. The zero-order chi connectivity index (χ0) is 17.5. The minimum atomic E-state index is -0.465. The maximum atomic E-state index is 12.0. The average Bonchev–Trinajstić information content (AvgIpc) is 3.06. The molecule has 0 saturated heterocycles. The summed E-state index contributed by atoms with van der Waals surface area (Å²) in [6.07, 6.45) is 1.61. The SMILES string of the molecule is CC(C)NC(=O)Nc1ccc(C(=O)NNC(=O)c2ccc[nH]2)cc1. The van der Waals surface area contributed by atoms with Gasteiger partial charge in [0, 0.05) is 23.5 Å². The number of carbonyl (C=O) groups is 3. The fourth-order valence-electron chi connectivity index (χ4n) is 1.86. The van der Waals surface area contributed by atoms with Gasteiger partial charge in [-0.05, 0) is 50.2 Å². The Hall–Kier alpha value is -3.29. The number of hydrogen-bond acceptors (Lipinski definition) is 3. The van der Waals surface area contributed by atoms with Crippen LogP contribution in [0.25, 0.3) is 0 Å². The molecule has 0 aliphatic carbocycles. The van der Waals surface area contributed by atoms with E-state index in [-0.39, 0.29) is 12.1 Å². The number of urea groups is 1. The molecule has 0 spiro atoms. The Morgan fingerprint density at radius 3 is 2.21 bits per heavy atom. The molecule has 4 amide bonds. The van der Waals surface area contributed by atoms with E-state index < -0.39 is 11.8 Å². The normalized spacial score (nSPS) is 10.1. The first-order valence-electron chi connectivity index (χ1n) is 7.37. The average molecular weight is 329 g/mol. The van der Waals surface area contributed by atoms with Crippen LogP contribution >= 0.6 is 0 Å². The van der Waals surface area contributed by atoms with Gasteiger partial charge in [-0.1, -0.05) is 0 Å². The number of rotatable bonds is 4. The first kappa shape index (κ1) is 17.1. The van der Waals surface area contributed by atoms with Crippen molar-refractivity contribution in [1.29, 1.82) is 0 Å². The fourth-order valence-corrected chi connectivity index (χ4v) is 1.86. The predicted molar refractivity (Wildman–Crippen MR) is 89.5 cm³/mol. The van der Waals surface area contributed by atoms with E-state index in [9.17, 15) is 14.4 Å². The number of hydrogen-bond donors (Lipinski definition) is 5. The Bertz CT molecular complexity index is 708. The summed E-state index contributed by atoms with van der Waals surface area (Å²) in [7, 11) is 0. The zero-order valence-electron chi connectivity index (χ0n) is 13.3. The van der Waals surface area contributed by atoms with Gasteiger partial charge in [0.1, 0.15) is 5.69 Å². The second-order valence-corrected chi connectivity index (χ2v) is 5.32. The molecule has 1 aromatic heterocycles. The molecule has 126 valence electrons. The van der Waals surface area contributed by atoms with Crippen LogP contribution in [0.3, 0.4) is 0 Å². The van der Waals surface area contributed by atoms with Crippen molar-refractivity contribution in [2.24, 2.45) is 0 Å². The summed E-state index contributed by atoms with van der Waals surface area (Å²) in [5.74, 6) is -0.912. The van der Waals surface area contributed by atoms with Crippen LogP contribution in [-0.4, -0.2) is 28.9 Å². The Kier molecular flexibility index (Phi) is 5.56. The van der Waals surface area contributed by atoms with Crippen molar-refractivity contribution in [1.82, 2.24) is 21.2 Å². The van der Waals surface area contributed by atoms with Gasteiger partial charge in [-0.3, -0.25) is 20.4 Å². The molecule has 0 atom stereocenters. The number of hydrazine groups is 1. The molecule has 8 nitrogen and oxygen atoms in total. The van der Waals surface area contributed by atoms with Crippen LogP contribution in [0.4, 0.5) is 10.5 Å². The van der Waals surface area contributed by atoms with Gasteiger partial charge in [0.05, 0.1) is 0 Å². The second kappa shape index (κ2) is 7.82. The summed E-state index contributed by atoms with van der Waals surface area (Å²) in [6, 6.07) is 9.26. The van der Waals surface area contributed by atoms with Crippen LogP contribution in [0, 0.1) is 0 Å². The number of H-pyrrole nitrogens is 1. The van der Waals surface area contributed by atoms with Gasteiger partial charge in [0.25, 0.3) is 11.8 Å². The van der Waals surface area contributed by atoms with E-state index in [1.807, 2.05) is 13.8 Å². The van der Waals surface area contributed by atoms with Crippen molar-refractivity contribution in [2.45, 2.75) is 19.9 Å². The van der Waals surface area contributed by atoms with Gasteiger partial charge < -0.3 is 15.6 Å². The second-order valence-electron chi connectivity index (χ2n) is 5.32. The molecule has 2 aromatic rings. The third-order valence-corrected chi connectivity index (χ3v) is 2.96. The topological polar surface area (TPSA) is 115 Å². The lowest BCUT2D eigenvalue weighted by atomic mass is 10.2. The van der Waals surface area contributed by atoms with Crippen molar-refractivity contribution < 1.29 is 14.4 Å². The quantitative estimate of drug-likeness (QED) is 0.549. The van der Waals surface area contributed by atoms with Gasteiger partial charge in [0.2, 0.25) is 0 Å². The number of amides is 4. The zero-order valence-corrected chi connectivity index (χ0v) is 13.3. The van der Waals surface area contributed by atoms with Crippen LogP contribution in [-0.2, 0) is 0 Å². The summed E-state index contributed by atoms with van der Waals surface area (Å²) < 4.78 is 0. The van der Waals surface area contributed by atoms with Gasteiger partial charge in [-0.2, -0.15) is 0 Å². The molecule has 1 heterocycles. The molecule has 2 rings (SSSR count). The van der Waals surface area contributed by atoms with E-state index >= 15 is 0 Å². The highest BCUT2D eigenvalue weighted by atomic mass is 16.2. The van der Waals surface area contributed by atoms with Crippen LogP contribution in [0.2, 0.25) is 0 Å². The maximum absolute atomic E-state index is 12.0. The molecule has 0 saturated carbocycles. The van der Waals surface area contributed by atoms with Crippen LogP contribution in [0.15, 0.2) is 42.6 Å². The lowest BCUT2D eigenvalue weighted by Crippen LogP contribution is -2.41. The van der Waals surface area contributed by atoms with Crippen LogP contribution in [0.1, 0.15) is 34.7 Å². The predicted octanol–water partition coefficient (Wildman–Crippen LogP) is 1.62. The van der Waals surface area contributed by atoms with Crippen molar-refractivity contribution in [2.75, 3.05) is 5.32 Å². The van der Waals surface area contributed by atoms with Crippen LogP contribution < -0.4 is 21.5 Å². The smallest absolute Gasteiger partial charge is 0.319 e. The van der Waals surface area contributed by atoms with Gasteiger partial charge in [0.15, 0.2) is 0 Å². The monoisotopic (exact) mass is 329 g/mol. The molecule has 0 radical (unpaired) electrons. The lowest BCUT2D eigenvalue weighted by molar-refractivity contribution is 0.0844. The lowest BCUT2D eigenvalue weighted by Gasteiger charge is -2.10. The van der Waals surface area contributed by atoms with Crippen molar-refractivity contribution >= 4 is 23.5 Å².